The molecule has 1 N–H and O–H groups in total. The first kappa shape index (κ1) is 12.8. The van der Waals surface area contributed by atoms with Gasteiger partial charge in [0.2, 0.25) is 5.91 Å². The molecule has 6 nitrogen and oxygen atoms in total. The molecule has 1 aromatic rings. The van der Waals surface area contributed by atoms with Crippen LogP contribution in [0.1, 0.15) is 19.3 Å². The van der Waals surface area contributed by atoms with Crippen molar-refractivity contribution in [3.05, 3.63) is 18.2 Å². The van der Waals surface area contributed by atoms with E-state index in [1.165, 1.54) is 4.90 Å². The number of rotatable bonds is 2. The molecule has 1 unspecified atom stereocenters. The number of carboxylic acids is 1. The van der Waals surface area contributed by atoms with Crippen molar-refractivity contribution >= 4 is 17.6 Å². The van der Waals surface area contributed by atoms with E-state index in [2.05, 4.69) is 0 Å². The van der Waals surface area contributed by atoms with Gasteiger partial charge in [-0.05, 0) is 25.0 Å². The van der Waals surface area contributed by atoms with Crippen LogP contribution < -0.4 is 14.4 Å². The Labute approximate surface area is 115 Å². The first-order valence-electron chi connectivity index (χ1n) is 6.61. The van der Waals surface area contributed by atoms with Gasteiger partial charge in [-0.15, -0.1) is 0 Å². The van der Waals surface area contributed by atoms with E-state index in [0.717, 1.165) is 0 Å². The number of fused-ring (bicyclic) bond motifs is 1. The summed E-state index contributed by atoms with van der Waals surface area (Å²) in [5, 5.41) is 9.28. The van der Waals surface area contributed by atoms with Gasteiger partial charge < -0.3 is 14.6 Å². The Morgan fingerprint density at radius 3 is 2.75 bits per heavy atom. The van der Waals surface area contributed by atoms with Crippen LogP contribution in [0.15, 0.2) is 18.2 Å². The zero-order chi connectivity index (χ0) is 14.1. The number of carbonyl (C=O) groups excluding carboxylic acids is 1. The number of hydrogen-bond acceptors (Lipinski definition) is 4. The molecule has 0 saturated carbocycles. The predicted molar refractivity (Wildman–Crippen MR) is 70.2 cm³/mol. The number of hydrogen-bond donors (Lipinski definition) is 1. The lowest BCUT2D eigenvalue weighted by molar-refractivity contribution is -0.141. The topological polar surface area (TPSA) is 76.1 Å². The summed E-state index contributed by atoms with van der Waals surface area (Å²) in [6.07, 6.45) is 1.45. The summed E-state index contributed by atoms with van der Waals surface area (Å²) >= 11 is 0. The van der Waals surface area contributed by atoms with Crippen LogP contribution in [0.5, 0.6) is 11.5 Å². The lowest BCUT2D eigenvalue weighted by Gasteiger charge is -2.33. The Morgan fingerprint density at radius 2 is 2.00 bits per heavy atom. The van der Waals surface area contributed by atoms with Crippen LogP contribution in [0, 0.1) is 0 Å². The highest BCUT2D eigenvalue weighted by Gasteiger charge is 2.34. The van der Waals surface area contributed by atoms with Crippen LogP contribution in [0.2, 0.25) is 0 Å². The first-order chi connectivity index (χ1) is 9.66. The maximum absolute atomic E-state index is 12.1. The molecule has 1 fully saturated rings. The zero-order valence-electron chi connectivity index (χ0n) is 10.9. The quantitative estimate of drug-likeness (QED) is 0.885. The third kappa shape index (κ3) is 2.17. The summed E-state index contributed by atoms with van der Waals surface area (Å²) in [7, 11) is 0. The Hall–Kier alpha value is -2.24. The number of anilines is 1. The van der Waals surface area contributed by atoms with Gasteiger partial charge in [0.15, 0.2) is 11.5 Å². The molecule has 0 bridgehead atoms. The van der Waals surface area contributed by atoms with Gasteiger partial charge in [-0.2, -0.15) is 0 Å². The van der Waals surface area contributed by atoms with Gasteiger partial charge >= 0.3 is 5.97 Å². The average Bonchev–Trinajstić information content (AvgIpc) is 2.46. The minimum atomic E-state index is -0.979. The minimum absolute atomic E-state index is 0.166. The van der Waals surface area contributed by atoms with E-state index < -0.39 is 12.0 Å². The molecule has 106 valence electrons. The van der Waals surface area contributed by atoms with E-state index in [1.54, 1.807) is 18.2 Å². The normalized spacial score (nSPS) is 21.7. The molecule has 0 radical (unpaired) electrons. The molecule has 20 heavy (non-hydrogen) atoms. The Morgan fingerprint density at radius 1 is 1.25 bits per heavy atom. The highest BCUT2D eigenvalue weighted by molar-refractivity contribution is 6.00. The van der Waals surface area contributed by atoms with Crippen molar-refractivity contribution in [2.75, 3.05) is 18.1 Å². The van der Waals surface area contributed by atoms with Crippen molar-refractivity contribution in [2.24, 2.45) is 0 Å². The van der Waals surface area contributed by atoms with E-state index >= 15 is 0 Å². The monoisotopic (exact) mass is 277 g/mol. The van der Waals surface area contributed by atoms with Gasteiger partial charge in [0.1, 0.15) is 19.3 Å². The second-order valence-electron chi connectivity index (χ2n) is 4.84. The number of nitrogens with zero attached hydrogens (tertiary/aromatic N) is 1. The average molecular weight is 277 g/mol. The van der Waals surface area contributed by atoms with Gasteiger partial charge in [0.25, 0.3) is 0 Å². The fraction of sp³-hybridized carbons (Fsp3) is 0.429. The van der Waals surface area contributed by atoms with E-state index in [4.69, 9.17) is 9.47 Å². The van der Waals surface area contributed by atoms with E-state index in [-0.39, 0.29) is 5.91 Å². The molecule has 1 aromatic carbocycles. The molecular formula is C14H15NO5. The lowest BCUT2D eigenvalue weighted by atomic mass is 10.0. The van der Waals surface area contributed by atoms with E-state index in [0.29, 0.717) is 49.7 Å². The van der Waals surface area contributed by atoms with Gasteiger partial charge in [-0.25, -0.2) is 4.79 Å². The van der Waals surface area contributed by atoms with Crippen molar-refractivity contribution in [1.29, 1.82) is 0 Å². The summed E-state index contributed by atoms with van der Waals surface area (Å²) in [5.74, 6) is 0.0286. The van der Waals surface area contributed by atoms with Crippen molar-refractivity contribution < 1.29 is 24.2 Å². The van der Waals surface area contributed by atoms with Crippen LogP contribution in [0.25, 0.3) is 0 Å². The van der Waals surface area contributed by atoms with Gasteiger partial charge in [-0.1, -0.05) is 0 Å². The zero-order valence-corrected chi connectivity index (χ0v) is 10.9. The molecule has 2 heterocycles. The Kier molecular flexibility index (Phi) is 3.22. The maximum atomic E-state index is 12.1. The Balaban J connectivity index is 1.96. The fourth-order valence-electron chi connectivity index (χ4n) is 2.61. The third-order valence-electron chi connectivity index (χ3n) is 3.54. The molecule has 0 spiro atoms. The van der Waals surface area contributed by atoms with Gasteiger partial charge in [0, 0.05) is 18.2 Å². The number of ether oxygens (including phenoxy) is 2. The second kappa shape index (κ2) is 5.03. The van der Waals surface area contributed by atoms with Crippen LogP contribution in [-0.4, -0.2) is 36.2 Å². The van der Waals surface area contributed by atoms with Gasteiger partial charge in [-0.3, -0.25) is 9.69 Å². The number of piperidine rings is 1. The summed E-state index contributed by atoms with van der Waals surface area (Å²) in [4.78, 5) is 24.7. The fourth-order valence-corrected chi connectivity index (χ4v) is 2.61. The predicted octanol–water partition coefficient (Wildman–Crippen LogP) is 1.43. The van der Waals surface area contributed by atoms with Crippen molar-refractivity contribution in [3.8, 4) is 11.5 Å². The molecule has 1 atom stereocenters. The maximum Gasteiger partial charge on any atom is 0.326 e. The third-order valence-corrected chi connectivity index (χ3v) is 3.54. The van der Waals surface area contributed by atoms with Gasteiger partial charge in [0.05, 0.1) is 0 Å². The smallest absolute Gasteiger partial charge is 0.326 e. The van der Waals surface area contributed by atoms with Crippen molar-refractivity contribution in [1.82, 2.24) is 0 Å². The Bertz CT molecular complexity index is 556. The molecule has 1 amide bonds. The van der Waals surface area contributed by atoms with Crippen molar-refractivity contribution in [3.63, 3.8) is 0 Å². The second-order valence-corrected chi connectivity index (χ2v) is 4.84. The van der Waals surface area contributed by atoms with Crippen LogP contribution in [0.4, 0.5) is 5.69 Å². The number of carboxylic acid groups (broad SMARTS) is 1. The molecule has 2 aliphatic heterocycles. The molecule has 6 heteroatoms. The highest BCUT2D eigenvalue weighted by Crippen LogP contribution is 2.36. The molecule has 0 aromatic heterocycles. The van der Waals surface area contributed by atoms with E-state index in [1.807, 2.05) is 0 Å². The SMILES string of the molecule is O=C(O)C1CCCC(=O)N1c1ccc2c(c1)OCCO2. The first-order valence-corrected chi connectivity index (χ1v) is 6.61. The molecule has 1 saturated heterocycles. The molecular weight excluding hydrogens is 262 g/mol. The molecule has 2 aliphatic rings. The summed E-state index contributed by atoms with van der Waals surface area (Å²) in [5.41, 5.74) is 0.548. The number of carbonyl (C=O) groups is 2. The summed E-state index contributed by atoms with van der Waals surface area (Å²) < 4.78 is 10.9. The lowest BCUT2D eigenvalue weighted by Crippen LogP contribution is -2.48. The summed E-state index contributed by atoms with van der Waals surface area (Å²) in [6.45, 7) is 0.944. The number of benzene rings is 1. The number of amides is 1. The summed E-state index contributed by atoms with van der Waals surface area (Å²) in [6, 6.07) is 4.28. The number of aliphatic carboxylic acids is 1. The largest absolute Gasteiger partial charge is 0.486 e. The molecule has 3 rings (SSSR count). The highest BCUT2D eigenvalue weighted by atomic mass is 16.6. The van der Waals surface area contributed by atoms with Crippen molar-refractivity contribution in [2.45, 2.75) is 25.3 Å². The van der Waals surface area contributed by atoms with E-state index in [9.17, 15) is 14.7 Å². The standard InChI is InChI=1S/C14H15NO5/c16-13-3-1-2-10(14(17)18)15(13)9-4-5-11-12(8-9)20-7-6-19-11/h4-5,8,10H,1-3,6-7H2,(H,17,18). The van der Waals surface area contributed by atoms with Crippen LogP contribution in [0.3, 0.4) is 0 Å². The molecule has 0 aliphatic carbocycles. The van der Waals surface area contributed by atoms with Crippen LogP contribution >= 0.6 is 0 Å². The minimum Gasteiger partial charge on any atom is -0.486 e. The van der Waals surface area contributed by atoms with Crippen LogP contribution in [-0.2, 0) is 9.59 Å².